The maximum absolute atomic E-state index is 12.7. The lowest BCUT2D eigenvalue weighted by atomic mass is 10.2. The van der Waals surface area contributed by atoms with Gasteiger partial charge in [0.1, 0.15) is 21.7 Å². The molecule has 6 nitrogen and oxygen atoms in total. The van der Waals surface area contributed by atoms with Crippen molar-refractivity contribution < 1.29 is 4.79 Å². The van der Waals surface area contributed by atoms with E-state index < -0.39 is 0 Å². The zero-order chi connectivity index (χ0) is 18.4. The molecule has 0 saturated carbocycles. The van der Waals surface area contributed by atoms with Gasteiger partial charge in [0.05, 0.1) is 23.1 Å². The molecule has 0 bridgehead atoms. The molecule has 0 radical (unpaired) electrons. The summed E-state index contributed by atoms with van der Waals surface area (Å²) in [5.74, 6) is -0.253. The lowest BCUT2D eigenvalue weighted by Gasteiger charge is -2.03. The van der Waals surface area contributed by atoms with Crippen molar-refractivity contribution in [2.75, 3.05) is 5.32 Å². The van der Waals surface area contributed by atoms with Gasteiger partial charge in [0.25, 0.3) is 5.91 Å². The number of anilines is 1. The minimum absolute atomic E-state index is 0.253. The number of aryl methyl sites for hydroxylation is 1. The van der Waals surface area contributed by atoms with E-state index in [9.17, 15) is 4.79 Å². The fourth-order valence-corrected chi connectivity index (χ4v) is 4.48. The second-order valence-electron chi connectivity index (χ2n) is 6.08. The first-order valence-electron chi connectivity index (χ1n) is 8.24. The number of carbonyl (C=O) groups is 1. The number of aromatic nitrogens is 4. The van der Waals surface area contributed by atoms with Crippen LogP contribution in [0.25, 0.3) is 32.6 Å². The molecule has 3 heterocycles. The Bertz CT molecular complexity index is 1300. The zero-order valence-corrected chi connectivity index (χ0v) is 15.8. The summed E-state index contributed by atoms with van der Waals surface area (Å²) in [7, 11) is 2.01. The van der Waals surface area contributed by atoms with Crippen LogP contribution < -0.4 is 5.32 Å². The minimum Gasteiger partial charge on any atom is -0.342 e. The van der Waals surface area contributed by atoms with E-state index in [-0.39, 0.29) is 5.91 Å². The number of carbonyl (C=O) groups excluding carboxylic acids is 1. The molecule has 8 heteroatoms. The number of para-hydroxylation sites is 1. The third-order valence-electron chi connectivity index (χ3n) is 4.44. The van der Waals surface area contributed by atoms with E-state index in [1.807, 2.05) is 37.4 Å². The summed E-state index contributed by atoms with van der Waals surface area (Å²) in [5, 5.41) is 6.64. The fourth-order valence-electron chi connectivity index (χ4n) is 3.08. The molecular weight excluding hydrogens is 378 g/mol. The van der Waals surface area contributed by atoms with Crippen molar-refractivity contribution >= 4 is 56.6 Å². The van der Waals surface area contributed by atoms with Crippen LogP contribution in [-0.2, 0) is 7.05 Å². The molecule has 5 rings (SSSR count). The normalized spacial score (nSPS) is 11.3. The van der Waals surface area contributed by atoms with E-state index in [0.29, 0.717) is 16.9 Å². The third-order valence-corrected chi connectivity index (χ3v) is 5.85. The molecule has 0 aliphatic heterocycles. The van der Waals surface area contributed by atoms with E-state index in [0.717, 1.165) is 38.8 Å². The van der Waals surface area contributed by atoms with Gasteiger partial charge in [-0.1, -0.05) is 24.3 Å². The van der Waals surface area contributed by atoms with Gasteiger partial charge >= 0.3 is 0 Å². The van der Waals surface area contributed by atoms with Crippen LogP contribution in [0.4, 0.5) is 5.69 Å². The Balaban J connectivity index is 1.47. The quantitative estimate of drug-likeness (QED) is 0.489. The summed E-state index contributed by atoms with van der Waals surface area (Å²) in [6.07, 6.45) is 0. The van der Waals surface area contributed by atoms with Crippen molar-refractivity contribution in [1.82, 2.24) is 18.3 Å². The molecule has 0 unspecified atom stereocenters. The number of rotatable bonds is 3. The smallest absolute Gasteiger partial charge is 0.275 e. The number of benzene rings is 2. The molecule has 1 amide bonds. The Morgan fingerprint density at radius 1 is 1.11 bits per heavy atom. The molecule has 0 aliphatic rings. The first-order chi connectivity index (χ1) is 13.2. The topological polar surface area (TPSA) is 72.7 Å². The van der Waals surface area contributed by atoms with Crippen LogP contribution in [0.5, 0.6) is 0 Å². The number of nitrogens with one attached hydrogen (secondary N) is 1. The number of hydrogen-bond acceptors (Lipinski definition) is 6. The van der Waals surface area contributed by atoms with Crippen LogP contribution in [0, 0.1) is 0 Å². The predicted molar refractivity (Wildman–Crippen MR) is 109 cm³/mol. The van der Waals surface area contributed by atoms with Crippen molar-refractivity contribution in [2.45, 2.75) is 0 Å². The number of hydrogen-bond donors (Lipinski definition) is 1. The highest BCUT2D eigenvalue weighted by Crippen LogP contribution is 2.30. The van der Waals surface area contributed by atoms with Crippen molar-refractivity contribution in [1.29, 1.82) is 0 Å². The fraction of sp³-hybridized carbons (Fsp3) is 0.0526. The summed E-state index contributed by atoms with van der Waals surface area (Å²) in [5.41, 5.74) is 4.63. The van der Waals surface area contributed by atoms with E-state index in [4.69, 9.17) is 0 Å². The van der Waals surface area contributed by atoms with Crippen LogP contribution in [-0.4, -0.2) is 24.2 Å². The highest BCUT2D eigenvalue weighted by Gasteiger charge is 2.16. The van der Waals surface area contributed by atoms with Gasteiger partial charge < -0.3 is 9.88 Å². The van der Waals surface area contributed by atoms with E-state index in [1.165, 1.54) is 11.3 Å². The molecule has 3 aromatic heterocycles. The molecule has 1 N–H and O–H groups in total. The largest absolute Gasteiger partial charge is 0.342 e. The molecule has 5 aromatic rings. The van der Waals surface area contributed by atoms with E-state index in [1.54, 1.807) is 5.38 Å². The lowest BCUT2D eigenvalue weighted by molar-refractivity contribution is 0.102. The van der Waals surface area contributed by atoms with Crippen LogP contribution in [0.3, 0.4) is 0 Å². The maximum atomic E-state index is 12.7. The number of amides is 1. The van der Waals surface area contributed by atoms with E-state index >= 15 is 0 Å². The van der Waals surface area contributed by atoms with Gasteiger partial charge in [0.15, 0.2) is 0 Å². The molecule has 132 valence electrons. The van der Waals surface area contributed by atoms with Crippen LogP contribution >= 0.6 is 23.1 Å². The number of thiazole rings is 1. The summed E-state index contributed by atoms with van der Waals surface area (Å²) < 4.78 is 10.5. The number of fused-ring (bicyclic) bond motifs is 2. The average molecular weight is 391 g/mol. The van der Waals surface area contributed by atoms with Gasteiger partial charge in [-0.2, -0.15) is 8.75 Å². The third kappa shape index (κ3) is 2.70. The SMILES string of the molecule is Cn1c(-c2nc(C(=O)Nc3cccc4nsnc34)cs2)cc2ccccc21. The molecule has 2 aromatic carbocycles. The highest BCUT2D eigenvalue weighted by molar-refractivity contribution is 7.13. The van der Waals surface area contributed by atoms with Crippen molar-refractivity contribution in [3.05, 3.63) is 59.6 Å². The molecule has 27 heavy (non-hydrogen) atoms. The summed E-state index contributed by atoms with van der Waals surface area (Å²) in [6, 6.07) is 15.8. The molecular formula is C19H13N5OS2. The first kappa shape index (κ1) is 16.1. The van der Waals surface area contributed by atoms with Crippen molar-refractivity contribution in [2.24, 2.45) is 7.05 Å². The molecule has 0 fully saturated rings. The van der Waals surface area contributed by atoms with Gasteiger partial charge in [-0.3, -0.25) is 4.79 Å². The van der Waals surface area contributed by atoms with Crippen LogP contribution in [0.1, 0.15) is 10.5 Å². The maximum Gasteiger partial charge on any atom is 0.275 e. The van der Waals surface area contributed by atoms with E-state index in [2.05, 4.69) is 41.8 Å². The Kier molecular flexibility index (Phi) is 3.73. The first-order valence-corrected chi connectivity index (χ1v) is 9.85. The summed E-state index contributed by atoms with van der Waals surface area (Å²) in [6.45, 7) is 0. The van der Waals surface area contributed by atoms with Gasteiger partial charge in [-0.05, 0) is 24.3 Å². The summed E-state index contributed by atoms with van der Waals surface area (Å²) >= 11 is 2.58. The predicted octanol–water partition coefficient (Wildman–Crippen LogP) is 4.56. The van der Waals surface area contributed by atoms with Crippen molar-refractivity contribution in [3.63, 3.8) is 0 Å². The average Bonchev–Trinajstić information content (AvgIpc) is 3.41. The zero-order valence-electron chi connectivity index (χ0n) is 14.2. The molecule has 0 spiro atoms. The molecule has 0 atom stereocenters. The Morgan fingerprint density at radius 2 is 2.00 bits per heavy atom. The van der Waals surface area contributed by atoms with Gasteiger partial charge in [-0.15, -0.1) is 11.3 Å². The Labute approximate surface area is 162 Å². The Hall–Kier alpha value is -3.10. The van der Waals surface area contributed by atoms with Crippen molar-refractivity contribution in [3.8, 4) is 10.7 Å². The molecule has 0 saturated heterocycles. The van der Waals surface area contributed by atoms with Crippen LogP contribution in [0.15, 0.2) is 53.9 Å². The number of nitrogens with zero attached hydrogens (tertiary/aromatic N) is 4. The lowest BCUT2D eigenvalue weighted by Crippen LogP contribution is -2.12. The standard InChI is InChI=1S/C19H13N5OS2/c1-24-15-8-3-2-5-11(15)9-16(24)19-21-14(10-26-19)18(25)20-12-6-4-7-13-17(12)23-27-22-13/h2-10H,1H3,(H,20,25). The highest BCUT2D eigenvalue weighted by atomic mass is 32.1. The van der Waals surface area contributed by atoms with Gasteiger partial charge in [-0.25, -0.2) is 4.98 Å². The second kappa shape index (κ2) is 6.26. The van der Waals surface area contributed by atoms with Crippen LogP contribution in [0.2, 0.25) is 0 Å². The van der Waals surface area contributed by atoms with Gasteiger partial charge in [0, 0.05) is 23.3 Å². The monoisotopic (exact) mass is 391 g/mol. The minimum atomic E-state index is -0.253. The van der Waals surface area contributed by atoms with Gasteiger partial charge in [0.2, 0.25) is 0 Å². The Morgan fingerprint density at radius 3 is 2.89 bits per heavy atom. The second-order valence-corrected chi connectivity index (χ2v) is 7.46. The summed E-state index contributed by atoms with van der Waals surface area (Å²) in [4.78, 5) is 17.2. The molecule has 0 aliphatic carbocycles.